The van der Waals surface area contributed by atoms with E-state index >= 15 is 0 Å². The molecule has 6 heteroatoms. The first-order valence-corrected chi connectivity index (χ1v) is 10.9. The number of hydrogen-bond acceptors (Lipinski definition) is 3. The van der Waals surface area contributed by atoms with Gasteiger partial charge in [0, 0.05) is 39.2 Å². The third kappa shape index (κ3) is 3.82. The van der Waals surface area contributed by atoms with Gasteiger partial charge >= 0.3 is 0 Å². The fourth-order valence-electron chi connectivity index (χ4n) is 5.03. The number of likely N-dealkylation sites (tertiary alicyclic amines) is 1. The van der Waals surface area contributed by atoms with Crippen LogP contribution in [0.2, 0.25) is 0 Å². The molecule has 31 heavy (non-hydrogen) atoms. The van der Waals surface area contributed by atoms with Crippen molar-refractivity contribution in [1.29, 1.82) is 0 Å². The predicted molar refractivity (Wildman–Crippen MR) is 120 cm³/mol. The number of carbonyl (C=O) groups excluding carboxylic acids is 3. The average molecular weight is 420 g/mol. The number of anilines is 1. The summed E-state index contributed by atoms with van der Waals surface area (Å²) >= 11 is 0. The number of nitrogens with zero attached hydrogens (tertiary/aromatic N) is 2. The van der Waals surface area contributed by atoms with Crippen molar-refractivity contribution in [2.24, 2.45) is 0 Å². The van der Waals surface area contributed by atoms with Crippen molar-refractivity contribution in [1.82, 2.24) is 9.80 Å². The van der Waals surface area contributed by atoms with Gasteiger partial charge in [-0.3, -0.25) is 14.4 Å². The Morgan fingerprint density at radius 1 is 1.06 bits per heavy atom. The number of benzene rings is 2. The summed E-state index contributed by atoms with van der Waals surface area (Å²) in [5.74, 6) is -0.138. The molecule has 1 spiro atoms. The molecule has 0 aliphatic carbocycles. The van der Waals surface area contributed by atoms with Crippen LogP contribution in [0.15, 0.2) is 54.6 Å². The summed E-state index contributed by atoms with van der Waals surface area (Å²) in [5.41, 5.74) is 2.28. The summed E-state index contributed by atoms with van der Waals surface area (Å²) in [5, 5.41) is 3.05. The van der Waals surface area contributed by atoms with Gasteiger partial charge in [0.15, 0.2) is 0 Å². The Hall–Kier alpha value is -3.15. The number of aryl methyl sites for hydroxylation is 1. The zero-order valence-electron chi connectivity index (χ0n) is 18.1. The van der Waals surface area contributed by atoms with Gasteiger partial charge in [0.1, 0.15) is 0 Å². The zero-order valence-corrected chi connectivity index (χ0v) is 18.1. The molecule has 162 valence electrons. The quantitative estimate of drug-likeness (QED) is 0.783. The van der Waals surface area contributed by atoms with Crippen LogP contribution in [0.25, 0.3) is 0 Å². The number of amides is 3. The smallest absolute Gasteiger partial charge is 0.237 e. The van der Waals surface area contributed by atoms with Gasteiger partial charge in [0.25, 0.3) is 0 Å². The number of carbonyl (C=O) groups is 3. The first kappa shape index (κ1) is 21.1. The minimum atomic E-state index is -0.730. The highest BCUT2D eigenvalue weighted by Crippen LogP contribution is 2.49. The maximum Gasteiger partial charge on any atom is 0.237 e. The molecule has 3 amide bonds. The Morgan fingerprint density at radius 2 is 1.77 bits per heavy atom. The standard InChI is InChI=1S/C25H29N3O3/c1-27(2)22(29)14-15-23(30)28-17-16-25(19-10-6-7-11-20(19)26-24(25)31)21(28)13-12-18-8-4-3-5-9-18/h3-11,21H,12-17H2,1-2H3,(H,26,31)/t21-,25-/m0/s1. The van der Waals surface area contributed by atoms with Crippen LogP contribution < -0.4 is 5.32 Å². The van der Waals surface area contributed by atoms with E-state index in [4.69, 9.17) is 0 Å². The molecule has 4 rings (SSSR count). The Balaban J connectivity index is 1.62. The van der Waals surface area contributed by atoms with E-state index in [1.54, 1.807) is 14.1 Å². The summed E-state index contributed by atoms with van der Waals surface area (Å²) in [6, 6.07) is 17.7. The van der Waals surface area contributed by atoms with Crippen LogP contribution >= 0.6 is 0 Å². The molecule has 0 radical (unpaired) electrons. The Morgan fingerprint density at radius 3 is 2.52 bits per heavy atom. The molecular weight excluding hydrogens is 390 g/mol. The number of rotatable bonds is 6. The van der Waals surface area contributed by atoms with Gasteiger partial charge in [-0.05, 0) is 36.5 Å². The van der Waals surface area contributed by atoms with Crippen molar-refractivity contribution in [3.8, 4) is 0 Å². The van der Waals surface area contributed by atoms with Crippen molar-refractivity contribution in [3.05, 3.63) is 65.7 Å². The first-order valence-electron chi connectivity index (χ1n) is 10.9. The van der Waals surface area contributed by atoms with E-state index in [0.717, 1.165) is 17.7 Å². The normalized spacial score (nSPS) is 21.8. The molecule has 0 saturated carbocycles. The maximum absolute atomic E-state index is 13.3. The highest BCUT2D eigenvalue weighted by Gasteiger charge is 2.58. The molecule has 2 aliphatic rings. The highest BCUT2D eigenvalue weighted by atomic mass is 16.2. The van der Waals surface area contributed by atoms with Gasteiger partial charge in [-0.2, -0.15) is 0 Å². The van der Waals surface area contributed by atoms with E-state index in [0.29, 0.717) is 19.4 Å². The molecule has 2 aromatic rings. The monoisotopic (exact) mass is 419 g/mol. The van der Waals surface area contributed by atoms with Gasteiger partial charge in [0.05, 0.1) is 11.5 Å². The van der Waals surface area contributed by atoms with Crippen LogP contribution in [0.1, 0.15) is 36.8 Å². The zero-order chi connectivity index (χ0) is 22.0. The van der Waals surface area contributed by atoms with Gasteiger partial charge < -0.3 is 15.1 Å². The van der Waals surface area contributed by atoms with Crippen molar-refractivity contribution < 1.29 is 14.4 Å². The van der Waals surface area contributed by atoms with E-state index in [2.05, 4.69) is 17.4 Å². The van der Waals surface area contributed by atoms with Crippen molar-refractivity contribution >= 4 is 23.4 Å². The molecule has 6 nitrogen and oxygen atoms in total. The summed E-state index contributed by atoms with van der Waals surface area (Å²) in [7, 11) is 3.39. The number of hydrogen-bond donors (Lipinski definition) is 1. The Kier molecular flexibility index (Phi) is 5.81. The average Bonchev–Trinajstić information content (AvgIpc) is 3.30. The predicted octanol–water partition coefficient (Wildman–Crippen LogP) is 2.98. The Labute approximate surface area is 183 Å². The molecule has 0 unspecified atom stereocenters. The largest absolute Gasteiger partial charge is 0.349 e. The van der Waals surface area contributed by atoms with Crippen molar-refractivity contribution in [2.75, 3.05) is 26.0 Å². The minimum absolute atomic E-state index is 0.0218. The summed E-state index contributed by atoms with van der Waals surface area (Å²) in [4.78, 5) is 41.8. The second kappa shape index (κ2) is 8.53. The lowest BCUT2D eigenvalue weighted by Crippen LogP contribution is -2.49. The molecule has 0 bridgehead atoms. The van der Waals surface area contributed by atoms with Crippen molar-refractivity contribution in [2.45, 2.75) is 43.6 Å². The summed E-state index contributed by atoms with van der Waals surface area (Å²) < 4.78 is 0. The molecule has 2 aromatic carbocycles. The molecule has 2 heterocycles. The summed E-state index contributed by atoms with van der Waals surface area (Å²) in [6.45, 7) is 0.524. The van der Waals surface area contributed by atoms with Crippen LogP contribution in [0.4, 0.5) is 5.69 Å². The molecule has 2 atom stereocenters. The van der Waals surface area contributed by atoms with Crippen LogP contribution in [0.5, 0.6) is 0 Å². The van der Waals surface area contributed by atoms with E-state index in [9.17, 15) is 14.4 Å². The molecule has 1 saturated heterocycles. The second-order valence-corrected chi connectivity index (χ2v) is 8.64. The van der Waals surface area contributed by atoms with E-state index in [-0.39, 0.29) is 36.6 Å². The maximum atomic E-state index is 13.3. The molecule has 1 N–H and O–H groups in total. The van der Waals surface area contributed by atoms with Gasteiger partial charge in [-0.15, -0.1) is 0 Å². The highest BCUT2D eigenvalue weighted by molar-refractivity contribution is 6.07. The van der Waals surface area contributed by atoms with E-state index < -0.39 is 5.41 Å². The lowest BCUT2D eigenvalue weighted by atomic mass is 9.73. The van der Waals surface area contributed by atoms with Crippen LogP contribution in [-0.2, 0) is 26.2 Å². The van der Waals surface area contributed by atoms with Gasteiger partial charge in [-0.25, -0.2) is 0 Å². The molecule has 2 aliphatic heterocycles. The third-order valence-electron chi connectivity index (χ3n) is 6.67. The molecule has 0 aromatic heterocycles. The van der Waals surface area contributed by atoms with E-state index in [1.165, 1.54) is 10.5 Å². The third-order valence-corrected chi connectivity index (χ3v) is 6.67. The molecular formula is C25H29N3O3. The number of fused-ring (bicyclic) bond motifs is 2. The fourth-order valence-corrected chi connectivity index (χ4v) is 5.03. The SMILES string of the molecule is CN(C)C(=O)CCC(=O)N1CC[C@@]2(C(=O)Nc3ccccc32)[C@@H]1CCc1ccccc1. The lowest BCUT2D eigenvalue weighted by molar-refractivity contribution is -0.137. The topological polar surface area (TPSA) is 69.7 Å². The van der Waals surface area contributed by atoms with Crippen molar-refractivity contribution in [3.63, 3.8) is 0 Å². The van der Waals surface area contributed by atoms with Gasteiger partial charge in [0.2, 0.25) is 17.7 Å². The lowest BCUT2D eigenvalue weighted by Gasteiger charge is -2.34. The van der Waals surface area contributed by atoms with Gasteiger partial charge in [-0.1, -0.05) is 48.5 Å². The molecule has 1 fully saturated rings. The van der Waals surface area contributed by atoms with E-state index in [1.807, 2.05) is 47.4 Å². The Bertz CT molecular complexity index is 989. The second-order valence-electron chi connectivity index (χ2n) is 8.64. The number of para-hydroxylation sites is 1. The van der Waals surface area contributed by atoms with Crippen LogP contribution in [0, 0.1) is 0 Å². The minimum Gasteiger partial charge on any atom is -0.349 e. The van der Waals surface area contributed by atoms with Crippen LogP contribution in [-0.4, -0.2) is 54.2 Å². The fraction of sp³-hybridized carbons (Fsp3) is 0.400. The number of nitrogens with one attached hydrogen (secondary N) is 1. The summed E-state index contributed by atoms with van der Waals surface area (Å²) in [6.07, 6.45) is 2.42. The van der Waals surface area contributed by atoms with Crippen LogP contribution in [0.3, 0.4) is 0 Å². The first-order chi connectivity index (χ1) is 14.9.